The SMILES string of the molecule is Cc1ccc(CSc2nnc(SCC(=O)N/N=C/c3ccncc3)s2)cc1. The topological polar surface area (TPSA) is 80.1 Å². The van der Waals surface area contributed by atoms with Crippen LogP contribution in [0.1, 0.15) is 16.7 Å². The molecule has 0 saturated carbocycles. The van der Waals surface area contributed by atoms with E-state index in [1.807, 2.05) is 0 Å². The molecule has 3 rings (SSSR count). The summed E-state index contributed by atoms with van der Waals surface area (Å²) in [7, 11) is 0. The number of benzene rings is 1. The second-order valence-corrected chi connectivity index (χ2v) is 8.89. The van der Waals surface area contributed by atoms with Crippen molar-refractivity contribution in [1.82, 2.24) is 20.6 Å². The third kappa shape index (κ3) is 6.78. The summed E-state index contributed by atoms with van der Waals surface area (Å²) in [6, 6.07) is 12.1. The third-order valence-corrected chi connectivity index (χ3v) is 6.57. The van der Waals surface area contributed by atoms with Crippen LogP contribution >= 0.6 is 34.9 Å². The molecule has 27 heavy (non-hydrogen) atoms. The van der Waals surface area contributed by atoms with Gasteiger partial charge >= 0.3 is 0 Å². The van der Waals surface area contributed by atoms with Crippen LogP contribution in [0.25, 0.3) is 0 Å². The van der Waals surface area contributed by atoms with Gasteiger partial charge in [-0.3, -0.25) is 9.78 Å². The molecule has 138 valence electrons. The number of thioether (sulfide) groups is 2. The summed E-state index contributed by atoms with van der Waals surface area (Å²) in [4.78, 5) is 15.8. The Morgan fingerprint density at radius 1 is 1.11 bits per heavy atom. The van der Waals surface area contributed by atoms with Crippen molar-refractivity contribution in [2.24, 2.45) is 5.10 Å². The van der Waals surface area contributed by atoms with Gasteiger partial charge in [0.05, 0.1) is 12.0 Å². The summed E-state index contributed by atoms with van der Waals surface area (Å²) >= 11 is 4.50. The highest BCUT2D eigenvalue weighted by Gasteiger charge is 2.08. The van der Waals surface area contributed by atoms with Gasteiger partial charge in [-0.15, -0.1) is 10.2 Å². The Hall–Kier alpha value is -2.23. The third-order valence-electron chi connectivity index (χ3n) is 3.31. The fraction of sp³-hybridized carbons (Fsp3) is 0.167. The number of nitrogens with one attached hydrogen (secondary N) is 1. The Labute approximate surface area is 169 Å². The van der Waals surface area contributed by atoms with Gasteiger partial charge in [0.2, 0.25) is 0 Å². The van der Waals surface area contributed by atoms with Gasteiger partial charge in [0.15, 0.2) is 8.68 Å². The number of carbonyl (C=O) groups excluding carboxylic acids is 1. The highest BCUT2D eigenvalue weighted by molar-refractivity contribution is 8.03. The van der Waals surface area contributed by atoms with Gasteiger partial charge in [0.25, 0.3) is 5.91 Å². The lowest BCUT2D eigenvalue weighted by molar-refractivity contribution is -0.118. The van der Waals surface area contributed by atoms with Crippen LogP contribution in [0, 0.1) is 6.92 Å². The molecular weight excluding hydrogens is 398 g/mol. The van der Waals surface area contributed by atoms with Gasteiger partial charge in [-0.25, -0.2) is 5.43 Å². The Morgan fingerprint density at radius 3 is 2.56 bits per heavy atom. The lowest BCUT2D eigenvalue weighted by Gasteiger charge is -1.99. The monoisotopic (exact) mass is 415 g/mol. The van der Waals surface area contributed by atoms with Crippen molar-refractivity contribution in [3.63, 3.8) is 0 Å². The lowest BCUT2D eigenvalue weighted by Crippen LogP contribution is -2.19. The molecule has 9 heteroatoms. The van der Waals surface area contributed by atoms with E-state index in [0.29, 0.717) is 0 Å². The number of pyridine rings is 1. The number of aromatic nitrogens is 3. The van der Waals surface area contributed by atoms with Gasteiger partial charge in [-0.2, -0.15) is 5.10 Å². The van der Waals surface area contributed by atoms with Crippen LogP contribution in [0.5, 0.6) is 0 Å². The Morgan fingerprint density at radius 2 is 1.81 bits per heavy atom. The van der Waals surface area contributed by atoms with Crippen molar-refractivity contribution in [1.29, 1.82) is 0 Å². The van der Waals surface area contributed by atoms with E-state index in [-0.39, 0.29) is 11.7 Å². The standard InChI is InChI=1S/C18H17N5OS3/c1-13-2-4-15(5-3-13)11-25-17-22-23-18(27-17)26-12-16(24)21-20-10-14-6-8-19-9-7-14/h2-10H,11-12H2,1H3,(H,21,24)/b20-10+. The summed E-state index contributed by atoms with van der Waals surface area (Å²) in [5, 5.41) is 12.2. The first-order valence-corrected chi connectivity index (χ1v) is 10.8. The van der Waals surface area contributed by atoms with Crippen molar-refractivity contribution in [3.05, 3.63) is 65.5 Å². The van der Waals surface area contributed by atoms with Gasteiger partial charge in [0, 0.05) is 18.1 Å². The summed E-state index contributed by atoms with van der Waals surface area (Å²) < 4.78 is 1.67. The zero-order chi connectivity index (χ0) is 18.9. The number of rotatable bonds is 8. The number of hydrogen-bond donors (Lipinski definition) is 1. The quantitative estimate of drug-likeness (QED) is 0.343. The van der Waals surface area contributed by atoms with Gasteiger partial charge in [-0.1, -0.05) is 64.7 Å². The van der Waals surface area contributed by atoms with E-state index in [1.54, 1.807) is 42.5 Å². The number of aryl methyl sites for hydroxylation is 1. The van der Waals surface area contributed by atoms with Crippen molar-refractivity contribution in [2.45, 2.75) is 21.4 Å². The Balaban J connectivity index is 1.40. The highest BCUT2D eigenvalue weighted by atomic mass is 32.2. The maximum absolute atomic E-state index is 11.8. The average Bonchev–Trinajstić information content (AvgIpc) is 3.15. The molecule has 2 heterocycles. The second-order valence-electron chi connectivity index (χ2n) is 5.47. The first kappa shape index (κ1) is 19.5. The van der Waals surface area contributed by atoms with Crippen LogP contribution in [0.2, 0.25) is 0 Å². The summed E-state index contributed by atoms with van der Waals surface area (Å²) in [5.41, 5.74) is 5.88. The molecule has 0 unspecified atom stereocenters. The minimum absolute atomic E-state index is 0.186. The molecule has 1 N–H and O–H groups in total. The normalized spacial score (nSPS) is 11.0. The molecule has 0 radical (unpaired) electrons. The van der Waals surface area contributed by atoms with Crippen LogP contribution in [0.4, 0.5) is 0 Å². The molecular formula is C18H17N5OS3. The zero-order valence-corrected chi connectivity index (χ0v) is 17.0. The van der Waals surface area contributed by atoms with E-state index >= 15 is 0 Å². The summed E-state index contributed by atoms with van der Waals surface area (Å²) in [5.74, 6) is 0.906. The number of carbonyl (C=O) groups is 1. The molecule has 0 bridgehead atoms. The fourth-order valence-electron chi connectivity index (χ4n) is 1.93. The first-order valence-electron chi connectivity index (χ1n) is 8.05. The zero-order valence-electron chi connectivity index (χ0n) is 14.5. The number of nitrogens with zero attached hydrogens (tertiary/aromatic N) is 4. The predicted octanol–water partition coefficient (Wildman–Crippen LogP) is 3.78. The molecule has 0 aliphatic heterocycles. The van der Waals surface area contributed by atoms with Crippen LogP contribution in [-0.2, 0) is 10.5 Å². The molecule has 0 aliphatic carbocycles. The number of hydrazone groups is 1. The smallest absolute Gasteiger partial charge is 0.250 e. The molecule has 0 fully saturated rings. The second kappa shape index (κ2) is 10.2. The van der Waals surface area contributed by atoms with E-state index < -0.39 is 0 Å². The molecule has 0 atom stereocenters. The molecule has 0 saturated heterocycles. The minimum atomic E-state index is -0.186. The number of amides is 1. The van der Waals surface area contributed by atoms with E-state index in [1.165, 1.54) is 34.2 Å². The minimum Gasteiger partial charge on any atom is -0.272 e. The van der Waals surface area contributed by atoms with Crippen molar-refractivity contribution < 1.29 is 4.79 Å². The van der Waals surface area contributed by atoms with E-state index in [2.05, 4.69) is 56.9 Å². The van der Waals surface area contributed by atoms with E-state index in [4.69, 9.17) is 0 Å². The molecule has 0 spiro atoms. The van der Waals surface area contributed by atoms with Crippen LogP contribution in [0.3, 0.4) is 0 Å². The molecule has 2 aromatic heterocycles. The van der Waals surface area contributed by atoms with E-state index in [0.717, 1.165) is 20.0 Å². The molecule has 3 aromatic rings. The van der Waals surface area contributed by atoms with Crippen LogP contribution in [0.15, 0.2) is 62.6 Å². The van der Waals surface area contributed by atoms with Gasteiger partial charge < -0.3 is 0 Å². The Bertz CT molecular complexity index is 897. The van der Waals surface area contributed by atoms with Gasteiger partial charge in [0.1, 0.15) is 0 Å². The average molecular weight is 416 g/mol. The fourth-order valence-corrected chi connectivity index (χ4v) is 4.70. The maximum Gasteiger partial charge on any atom is 0.250 e. The van der Waals surface area contributed by atoms with Crippen LogP contribution < -0.4 is 5.43 Å². The lowest BCUT2D eigenvalue weighted by atomic mass is 10.2. The van der Waals surface area contributed by atoms with E-state index in [9.17, 15) is 4.79 Å². The highest BCUT2D eigenvalue weighted by Crippen LogP contribution is 2.30. The molecule has 6 nitrogen and oxygen atoms in total. The van der Waals surface area contributed by atoms with Gasteiger partial charge in [-0.05, 0) is 30.2 Å². The van der Waals surface area contributed by atoms with Crippen molar-refractivity contribution in [2.75, 3.05) is 5.75 Å². The predicted molar refractivity (Wildman–Crippen MR) is 111 cm³/mol. The number of hydrogen-bond acceptors (Lipinski definition) is 8. The summed E-state index contributed by atoms with van der Waals surface area (Å²) in [6.45, 7) is 2.08. The first-order chi connectivity index (χ1) is 13.2. The largest absolute Gasteiger partial charge is 0.272 e. The molecule has 1 amide bonds. The maximum atomic E-state index is 11.8. The summed E-state index contributed by atoms with van der Waals surface area (Å²) in [6.07, 6.45) is 4.92. The molecule has 0 aliphatic rings. The Kier molecular flexibility index (Phi) is 7.37. The van der Waals surface area contributed by atoms with Crippen molar-refractivity contribution in [3.8, 4) is 0 Å². The van der Waals surface area contributed by atoms with Crippen molar-refractivity contribution >= 4 is 47.0 Å². The molecule has 1 aromatic carbocycles. The van der Waals surface area contributed by atoms with Crippen LogP contribution in [-0.4, -0.2) is 33.1 Å².